The molecule has 166 valence electrons. The molecule has 7 heteroatoms. The van der Waals surface area contributed by atoms with Crippen LogP contribution in [0.2, 0.25) is 0 Å². The van der Waals surface area contributed by atoms with Crippen LogP contribution in [0.5, 0.6) is 17.4 Å². The van der Waals surface area contributed by atoms with E-state index in [1.54, 1.807) is 12.4 Å². The molecule has 1 fully saturated rings. The molecular weight excluding hydrogens is 404 g/mol. The minimum absolute atomic E-state index is 0.0454. The Morgan fingerprint density at radius 1 is 1.00 bits per heavy atom. The standard InChI is InChI=1S/C25H28N4O3/c1-3-31-21-10-6-20(7-11-21)28-24(30)19-12-16-29(17-13-19)23-25(27-15-14-26-23)32-22-8-4-18(2)5-9-22/h4-11,14-15,19H,3,12-13,16-17H2,1-2H3,(H,28,30). The van der Waals surface area contributed by atoms with Crippen LogP contribution in [0.25, 0.3) is 0 Å². The molecule has 1 saturated heterocycles. The summed E-state index contributed by atoms with van der Waals surface area (Å²) < 4.78 is 11.4. The van der Waals surface area contributed by atoms with E-state index in [2.05, 4.69) is 20.2 Å². The van der Waals surface area contributed by atoms with Crippen molar-refractivity contribution in [2.45, 2.75) is 26.7 Å². The minimum Gasteiger partial charge on any atom is -0.494 e. The van der Waals surface area contributed by atoms with Crippen LogP contribution in [-0.2, 0) is 4.79 Å². The summed E-state index contributed by atoms with van der Waals surface area (Å²) in [6.45, 7) is 6.02. The number of rotatable bonds is 7. The first-order valence-electron chi connectivity index (χ1n) is 11.0. The largest absolute Gasteiger partial charge is 0.494 e. The number of aromatic nitrogens is 2. The Hall–Kier alpha value is -3.61. The van der Waals surface area contributed by atoms with Crippen molar-refractivity contribution in [1.82, 2.24) is 9.97 Å². The lowest BCUT2D eigenvalue weighted by atomic mass is 9.96. The lowest BCUT2D eigenvalue weighted by Crippen LogP contribution is -2.38. The number of nitrogens with one attached hydrogen (secondary N) is 1. The molecule has 3 aromatic rings. The van der Waals surface area contributed by atoms with Gasteiger partial charge in [-0.25, -0.2) is 9.97 Å². The van der Waals surface area contributed by atoms with Crippen molar-refractivity contribution >= 4 is 17.4 Å². The second kappa shape index (κ2) is 10.1. The Labute approximate surface area is 188 Å². The van der Waals surface area contributed by atoms with E-state index in [9.17, 15) is 4.79 Å². The molecule has 1 amide bonds. The molecule has 0 atom stereocenters. The van der Waals surface area contributed by atoms with Crippen LogP contribution in [0, 0.1) is 12.8 Å². The van der Waals surface area contributed by atoms with Crippen molar-refractivity contribution in [3.8, 4) is 17.4 Å². The third kappa shape index (κ3) is 5.35. The SMILES string of the molecule is CCOc1ccc(NC(=O)C2CCN(c3nccnc3Oc3ccc(C)cc3)CC2)cc1. The number of aryl methyl sites for hydroxylation is 1. The molecule has 1 aliphatic rings. The summed E-state index contributed by atoms with van der Waals surface area (Å²) in [6, 6.07) is 15.3. The predicted octanol–water partition coefficient (Wildman–Crippen LogP) is 4.83. The molecule has 0 radical (unpaired) electrons. The summed E-state index contributed by atoms with van der Waals surface area (Å²) in [5.41, 5.74) is 1.95. The molecule has 1 aliphatic heterocycles. The van der Waals surface area contributed by atoms with Crippen LogP contribution in [0.3, 0.4) is 0 Å². The average Bonchev–Trinajstić information content (AvgIpc) is 2.82. The fourth-order valence-electron chi connectivity index (χ4n) is 3.72. The van der Waals surface area contributed by atoms with Gasteiger partial charge in [0.05, 0.1) is 6.61 Å². The number of hydrogen-bond donors (Lipinski definition) is 1. The number of hydrogen-bond acceptors (Lipinski definition) is 6. The Bertz CT molecular complexity index is 1030. The summed E-state index contributed by atoms with van der Waals surface area (Å²) in [7, 11) is 0. The molecule has 0 unspecified atom stereocenters. The van der Waals surface area contributed by atoms with E-state index >= 15 is 0 Å². The Balaban J connectivity index is 1.35. The van der Waals surface area contributed by atoms with Crippen LogP contribution in [-0.4, -0.2) is 35.6 Å². The van der Waals surface area contributed by atoms with Crippen LogP contribution in [0.1, 0.15) is 25.3 Å². The van der Waals surface area contributed by atoms with Gasteiger partial charge < -0.3 is 19.7 Å². The maximum Gasteiger partial charge on any atom is 0.263 e. The van der Waals surface area contributed by atoms with Crippen LogP contribution >= 0.6 is 0 Å². The lowest BCUT2D eigenvalue weighted by molar-refractivity contribution is -0.120. The first-order chi connectivity index (χ1) is 15.6. The molecule has 0 bridgehead atoms. The van der Waals surface area contributed by atoms with Crippen LogP contribution in [0.4, 0.5) is 11.5 Å². The zero-order chi connectivity index (χ0) is 22.3. The van der Waals surface area contributed by atoms with Gasteiger partial charge in [0.1, 0.15) is 11.5 Å². The summed E-state index contributed by atoms with van der Waals surface area (Å²) >= 11 is 0. The molecule has 0 saturated carbocycles. The Kier molecular flexibility index (Phi) is 6.84. The summed E-state index contributed by atoms with van der Waals surface area (Å²) in [5.74, 6) is 2.71. The topological polar surface area (TPSA) is 76.6 Å². The molecule has 0 spiro atoms. The van der Waals surface area contributed by atoms with Gasteiger partial charge in [0, 0.05) is 37.1 Å². The minimum atomic E-state index is -0.0454. The van der Waals surface area contributed by atoms with Gasteiger partial charge in [0.2, 0.25) is 5.91 Å². The van der Waals surface area contributed by atoms with Crippen molar-refractivity contribution in [3.05, 3.63) is 66.5 Å². The van der Waals surface area contributed by atoms with Gasteiger partial charge in [0.15, 0.2) is 5.82 Å². The van der Waals surface area contributed by atoms with Crippen molar-refractivity contribution in [1.29, 1.82) is 0 Å². The number of anilines is 2. The van der Waals surface area contributed by atoms with E-state index < -0.39 is 0 Å². The molecular formula is C25H28N4O3. The molecule has 2 heterocycles. The predicted molar refractivity (Wildman–Crippen MR) is 124 cm³/mol. The quantitative estimate of drug-likeness (QED) is 0.576. The number of carbonyl (C=O) groups excluding carboxylic acids is 1. The third-order valence-corrected chi connectivity index (χ3v) is 5.48. The molecule has 32 heavy (non-hydrogen) atoms. The fraction of sp³-hybridized carbons (Fsp3) is 0.320. The highest BCUT2D eigenvalue weighted by Gasteiger charge is 2.27. The normalized spacial score (nSPS) is 14.1. The zero-order valence-corrected chi connectivity index (χ0v) is 18.5. The molecule has 0 aliphatic carbocycles. The third-order valence-electron chi connectivity index (χ3n) is 5.48. The summed E-state index contributed by atoms with van der Waals surface area (Å²) in [6.07, 6.45) is 4.78. The summed E-state index contributed by atoms with van der Waals surface area (Å²) in [5, 5.41) is 3.02. The highest BCUT2D eigenvalue weighted by atomic mass is 16.5. The second-order valence-corrected chi connectivity index (χ2v) is 7.81. The van der Waals surface area contributed by atoms with Gasteiger partial charge in [-0.1, -0.05) is 17.7 Å². The monoisotopic (exact) mass is 432 g/mol. The Morgan fingerprint density at radius 3 is 2.34 bits per heavy atom. The van der Waals surface area contributed by atoms with E-state index in [-0.39, 0.29) is 11.8 Å². The van der Waals surface area contributed by atoms with Gasteiger partial charge in [-0.15, -0.1) is 0 Å². The number of carbonyl (C=O) groups is 1. The first kappa shape index (κ1) is 21.6. The zero-order valence-electron chi connectivity index (χ0n) is 18.5. The average molecular weight is 433 g/mol. The Morgan fingerprint density at radius 2 is 1.66 bits per heavy atom. The van der Waals surface area contributed by atoms with Crippen LogP contribution < -0.4 is 19.7 Å². The van der Waals surface area contributed by atoms with Crippen molar-refractivity contribution in [2.24, 2.45) is 5.92 Å². The highest BCUT2D eigenvalue weighted by molar-refractivity contribution is 5.92. The maximum absolute atomic E-state index is 12.7. The highest BCUT2D eigenvalue weighted by Crippen LogP contribution is 2.31. The van der Waals surface area contributed by atoms with E-state index in [1.165, 1.54) is 5.56 Å². The first-order valence-corrected chi connectivity index (χ1v) is 11.0. The molecule has 1 N–H and O–H groups in total. The number of nitrogens with zero attached hydrogens (tertiary/aromatic N) is 3. The molecule has 7 nitrogen and oxygen atoms in total. The number of piperidine rings is 1. The lowest BCUT2D eigenvalue weighted by Gasteiger charge is -2.32. The van der Waals surface area contributed by atoms with Gasteiger partial charge in [0.25, 0.3) is 5.88 Å². The van der Waals surface area contributed by atoms with Crippen molar-refractivity contribution < 1.29 is 14.3 Å². The molecule has 2 aromatic carbocycles. The smallest absolute Gasteiger partial charge is 0.263 e. The van der Waals surface area contributed by atoms with Crippen molar-refractivity contribution in [3.63, 3.8) is 0 Å². The van der Waals surface area contributed by atoms with E-state index in [0.29, 0.717) is 31.4 Å². The molecule has 4 rings (SSSR count). The number of amides is 1. The van der Waals surface area contributed by atoms with E-state index in [0.717, 1.165) is 30.0 Å². The number of ether oxygens (including phenoxy) is 2. The van der Waals surface area contributed by atoms with Gasteiger partial charge in [-0.2, -0.15) is 0 Å². The fourth-order valence-corrected chi connectivity index (χ4v) is 3.72. The van der Waals surface area contributed by atoms with Gasteiger partial charge in [-0.3, -0.25) is 4.79 Å². The van der Waals surface area contributed by atoms with E-state index in [4.69, 9.17) is 9.47 Å². The maximum atomic E-state index is 12.7. The molecule has 1 aromatic heterocycles. The van der Waals surface area contributed by atoms with Crippen LogP contribution in [0.15, 0.2) is 60.9 Å². The number of benzene rings is 2. The second-order valence-electron chi connectivity index (χ2n) is 7.81. The van der Waals surface area contributed by atoms with Gasteiger partial charge in [-0.05, 0) is 63.1 Å². The van der Waals surface area contributed by atoms with Crippen molar-refractivity contribution in [2.75, 3.05) is 29.9 Å². The van der Waals surface area contributed by atoms with Gasteiger partial charge >= 0.3 is 0 Å². The summed E-state index contributed by atoms with van der Waals surface area (Å²) in [4.78, 5) is 23.8. The van der Waals surface area contributed by atoms with E-state index in [1.807, 2.05) is 62.4 Å².